The molecule has 0 fully saturated rings. The average Bonchev–Trinajstić information content (AvgIpc) is 2.66. The SMILES string of the molecule is CC[C@@H](C)c1nc2ccc(Br)cc2c(=O)n1N=Cc1cc(I)c(OC)c(I)c1. The van der Waals surface area contributed by atoms with Gasteiger partial charge in [-0.2, -0.15) is 9.78 Å². The first-order valence-corrected chi connectivity index (χ1v) is 11.6. The van der Waals surface area contributed by atoms with Gasteiger partial charge in [0.05, 0.1) is 31.4 Å². The number of fused-ring (bicyclic) bond motifs is 1. The molecule has 3 rings (SSSR count). The Kier molecular flexibility index (Phi) is 7.13. The highest BCUT2D eigenvalue weighted by atomic mass is 127. The molecule has 0 radical (unpaired) electrons. The highest BCUT2D eigenvalue weighted by Gasteiger charge is 2.15. The minimum atomic E-state index is -0.171. The molecule has 1 atom stereocenters. The molecule has 0 amide bonds. The summed E-state index contributed by atoms with van der Waals surface area (Å²) in [5, 5.41) is 5.06. The summed E-state index contributed by atoms with van der Waals surface area (Å²) in [6.07, 6.45) is 2.56. The zero-order valence-electron chi connectivity index (χ0n) is 15.5. The van der Waals surface area contributed by atoms with Crippen molar-refractivity contribution in [2.75, 3.05) is 7.11 Å². The number of nitrogens with zero attached hydrogens (tertiary/aromatic N) is 3. The Morgan fingerprint density at radius 3 is 2.57 bits per heavy atom. The molecule has 146 valence electrons. The van der Waals surface area contributed by atoms with E-state index < -0.39 is 0 Å². The van der Waals surface area contributed by atoms with E-state index in [1.165, 1.54) is 4.68 Å². The van der Waals surface area contributed by atoms with Crippen molar-refractivity contribution in [2.45, 2.75) is 26.2 Å². The Morgan fingerprint density at radius 1 is 1.29 bits per heavy atom. The molecule has 3 aromatic rings. The highest BCUT2D eigenvalue weighted by Crippen LogP contribution is 2.28. The van der Waals surface area contributed by atoms with Crippen molar-refractivity contribution >= 4 is 78.2 Å². The number of benzene rings is 2. The summed E-state index contributed by atoms with van der Waals surface area (Å²) in [4.78, 5) is 17.9. The number of rotatable bonds is 5. The molecule has 28 heavy (non-hydrogen) atoms. The predicted molar refractivity (Wildman–Crippen MR) is 134 cm³/mol. The van der Waals surface area contributed by atoms with Gasteiger partial charge in [-0.15, -0.1) is 0 Å². The quantitative estimate of drug-likeness (QED) is 0.257. The van der Waals surface area contributed by atoms with Crippen molar-refractivity contribution in [3.05, 3.63) is 63.7 Å². The maximum Gasteiger partial charge on any atom is 0.282 e. The summed E-state index contributed by atoms with van der Waals surface area (Å²) in [5.41, 5.74) is 1.41. The zero-order valence-corrected chi connectivity index (χ0v) is 21.4. The third-order valence-electron chi connectivity index (χ3n) is 4.43. The van der Waals surface area contributed by atoms with Crippen LogP contribution in [-0.4, -0.2) is 23.0 Å². The molecule has 0 bridgehead atoms. The average molecular weight is 666 g/mol. The van der Waals surface area contributed by atoms with Gasteiger partial charge in [0.1, 0.15) is 11.6 Å². The standard InChI is InChI=1S/C20H18BrI2N3O2/c1-4-11(2)19-25-17-6-5-13(21)9-14(17)20(27)26(19)24-10-12-7-15(22)18(28-3)16(23)8-12/h5-11H,4H2,1-3H3/t11-/m1/s1. The number of methoxy groups -OCH3 is 1. The van der Waals surface area contributed by atoms with Crippen LogP contribution in [0.4, 0.5) is 0 Å². The van der Waals surface area contributed by atoms with Crippen molar-refractivity contribution in [1.82, 2.24) is 9.66 Å². The maximum absolute atomic E-state index is 13.1. The van der Waals surface area contributed by atoms with E-state index in [0.717, 1.165) is 29.3 Å². The molecule has 0 aliphatic carbocycles. The van der Waals surface area contributed by atoms with Crippen LogP contribution in [0.15, 0.2) is 44.7 Å². The van der Waals surface area contributed by atoms with E-state index in [2.05, 4.69) is 80.1 Å². The van der Waals surface area contributed by atoms with E-state index in [-0.39, 0.29) is 11.5 Å². The molecule has 5 nitrogen and oxygen atoms in total. The molecular formula is C20H18BrI2N3O2. The Hall–Kier alpha value is -1.01. The molecule has 8 heteroatoms. The lowest BCUT2D eigenvalue weighted by Crippen LogP contribution is -2.23. The van der Waals surface area contributed by atoms with Gasteiger partial charge in [-0.25, -0.2) is 4.98 Å². The summed E-state index contributed by atoms with van der Waals surface area (Å²) >= 11 is 7.90. The van der Waals surface area contributed by atoms with E-state index in [1.54, 1.807) is 19.4 Å². The lowest BCUT2D eigenvalue weighted by molar-refractivity contribution is 0.409. The third-order valence-corrected chi connectivity index (χ3v) is 6.53. The zero-order chi connectivity index (χ0) is 20.4. The molecular weight excluding hydrogens is 648 g/mol. The van der Waals surface area contributed by atoms with Gasteiger partial charge in [-0.05, 0) is 87.5 Å². The molecule has 0 saturated carbocycles. The van der Waals surface area contributed by atoms with E-state index in [9.17, 15) is 4.79 Å². The fourth-order valence-electron chi connectivity index (χ4n) is 2.75. The van der Waals surface area contributed by atoms with E-state index in [0.29, 0.717) is 16.7 Å². The predicted octanol–water partition coefficient (Wildman–Crippen LogP) is 5.77. The van der Waals surface area contributed by atoms with Crippen molar-refractivity contribution in [3.63, 3.8) is 0 Å². The molecule has 1 aromatic heterocycles. The molecule has 1 heterocycles. The molecule has 0 aliphatic rings. The van der Waals surface area contributed by atoms with Crippen LogP contribution < -0.4 is 10.3 Å². The maximum atomic E-state index is 13.1. The fraction of sp³-hybridized carbons (Fsp3) is 0.250. The number of hydrogen-bond donors (Lipinski definition) is 0. The summed E-state index contributed by atoms with van der Waals surface area (Å²) in [6.45, 7) is 4.13. The van der Waals surface area contributed by atoms with Crippen LogP contribution in [-0.2, 0) is 0 Å². The number of halogens is 3. The Balaban J connectivity index is 2.17. The summed E-state index contributed by atoms with van der Waals surface area (Å²) in [7, 11) is 1.66. The van der Waals surface area contributed by atoms with Crippen molar-refractivity contribution in [1.29, 1.82) is 0 Å². The molecule has 2 aromatic carbocycles. The monoisotopic (exact) mass is 665 g/mol. The summed E-state index contributed by atoms with van der Waals surface area (Å²) in [6, 6.07) is 9.49. The lowest BCUT2D eigenvalue weighted by Gasteiger charge is -2.14. The van der Waals surface area contributed by atoms with E-state index >= 15 is 0 Å². The topological polar surface area (TPSA) is 56.5 Å². The lowest BCUT2D eigenvalue weighted by atomic mass is 10.1. The van der Waals surface area contributed by atoms with Crippen LogP contribution in [0.3, 0.4) is 0 Å². The fourth-order valence-corrected chi connectivity index (χ4v) is 5.37. The second-order valence-corrected chi connectivity index (χ2v) is 9.56. The van der Waals surface area contributed by atoms with Crippen LogP contribution in [0.1, 0.15) is 37.6 Å². The van der Waals surface area contributed by atoms with Gasteiger partial charge >= 0.3 is 0 Å². The van der Waals surface area contributed by atoms with Crippen molar-refractivity contribution in [2.24, 2.45) is 5.10 Å². The largest absolute Gasteiger partial charge is 0.495 e. The van der Waals surface area contributed by atoms with Gasteiger partial charge in [0, 0.05) is 10.4 Å². The van der Waals surface area contributed by atoms with Gasteiger partial charge < -0.3 is 4.74 Å². The molecule has 0 aliphatic heterocycles. The second kappa shape index (κ2) is 9.21. The van der Waals surface area contributed by atoms with E-state index in [1.807, 2.05) is 24.3 Å². The van der Waals surface area contributed by atoms with Gasteiger partial charge in [-0.1, -0.05) is 29.8 Å². The first-order chi connectivity index (χ1) is 13.3. The Bertz CT molecular complexity index is 1110. The number of hydrogen-bond acceptors (Lipinski definition) is 4. The first kappa shape index (κ1) is 21.7. The molecule has 0 spiro atoms. The Labute approximate surface area is 199 Å². The third kappa shape index (κ3) is 4.43. The number of ether oxygens (including phenoxy) is 1. The molecule has 0 N–H and O–H groups in total. The molecule has 0 saturated heterocycles. The summed E-state index contributed by atoms with van der Waals surface area (Å²) in [5.74, 6) is 1.61. The minimum absolute atomic E-state index is 0.106. The molecule has 0 unspecified atom stereocenters. The van der Waals surface area contributed by atoms with Gasteiger partial charge in [-0.3, -0.25) is 4.79 Å². The van der Waals surface area contributed by atoms with Crippen LogP contribution in [0.25, 0.3) is 10.9 Å². The Morgan fingerprint density at radius 2 is 1.96 bits per heavy atom. The highest BCUT2D eigenvalue weighted by molar-refractivity contribution is 14.1. The van der Waals surface area contributed by atoms with Crippen molar-refractivity contribution < 1.29 is 4.74 Å². The minimum Gasteiger partial charge on any atom is -0.495 e. The van der Waals surface area contributed by atoms with Crippen LogP contribution in [0.2, 0.25) is 0 Å². The van der Waals surface area contributed by atoms with Crippen molar-refractivity contribution in [3.8, 4) is 5.75 Å². The normalized spacial score (nSPS) is 12.6. The first-order valence-electron chi connectivity index (χ1n) is 8.65. The second-order valence-electron chi connectivity index (χ2n) is 6.32. The number of aromatic nitrogens is 2. The van der Waals surface area contributed by atoms with Crippen LogP contribution in [0.5, 0.6) is 5.75 Å². The van der Waals surface area contributed by atoms with Gasteiger partial charge in [0.15, 0.2) is 0 Å². The van der Waals surface area contributed by atoms with Gasteiger partial charge in [0.2, 0.25) is 0 Å². The van der Waals surface area contributed by atoms with E-state index in [4.69, 9.17) is 9.72 Å². The van der Waals surface area contributed by atoms with Crippen LogP contribution in [0, 0.1) is 7.14 Å². The smallest absolute Gasteiger partial charge is 0.282 e. The van der Waals surface area contributed by atoms with Gasteiger partial charge in [0.25, 0.3) is 5.56 Å². The summed E-state index contributed by atoms with van der Waals surface area (Å²) < 4.78 is 9.65. The van der Waals surface area contributed by atoms with Crippen LogP contribution >= 0.6 is 61.1 Å².